The average molecular weight is 280 g/mol. The molecule has 2 rings (SSSR count). The van der Waals surface area contributed by atoms with Crippen molar-refractivity contribution in [2.75, 3.05) is 0 Å². The molecule has 19 heavy (non-hydrogen) atoms. The number of rotatable bonds is 5. The summed E-state index contributed by atoms with van der Waals surface area (Å²) in [4.78, 5) is 4.84. The normalized spacial score (nSPS) is 11.7. The minimum absolute atomic E-state index is 0.706. The van der Waals surface area contributed by atoms with E-state index in [0.717, 1.165) is 0 Å². The second kappa shape index (κ2) is 5.94. The van der Waals surface area contributed by atoms with E-state index in [9.17, 15) is 8.42 Å². The van der Waals surface area contributed by atoms with Gasteiger partial charge in [0.2, 0.25) is 0 Å². The smallest absolute Gasteiger partial charge is 0.262 e. The molecule has 0 aliphatic heterocycles. The first kappa shape index (κ1) is 13.7. The van der Waals surface area contributed by atoms with Crippen LogP contribution in [0.2, 0.25) is 0 Å². The van der Waals surface area contributed by atoms with Crippen LogP contribution in [0.15, 0.2) is 60.7 Å². The molecule has 2 aromatic rings. The fraction of sp³-hybridized carbons (Fsp3) is 0.0769. The van der Waals surface area contributed by atoms with Gasteiger partial charge < -0.3 is 0 Å². The molecule has 6 heteroatoms. The number of benzene rings is 2. The average Bonchev–Trinajstić information content (AvgIpc) is 2.40. The van der Waals surface area contributed by atoms with Crippen molar-refractivity contribution in [3.05, 3.63) is 71.8 Å². The maximum atomic E-state index is 10.6. The zero-order chi connectivity index (χ0) is 13.7. The Balaban J connectivity index is 2.29. The van der Waals surface area contributed by atoms with Crippen LogP contribution in [-0.2, 0) is 19.6 Å². The summed E-state index contributed by atoms with van der Waals surface area (Å²) >= 11 is 0. The first-order chi connectivity index (χ1) is 9.06. The Hall–Kier alpha value is -1.73. The predicted molar refractivity (Wildman–Crippen MR) is 68.4 cm³/mol. The Kier molecular flexibility index (Phi) is 4.28. The third kappa shape index (κ3) is 4.15. The van der Waals surface area contributed by atoms with Crippen molar-refractivity contribution in [1.29, 1.82) is 0 Å². The summed E-state index contributed by atoms with van der Waals surface area (Å²) in [5.74, 6) is 0. The molecule has 0 saturated heterocycles. The van der Waals surface area contributed by atoms with Gasteiger partial charge in [-0.1, -0.05) is 65.0 Å². The minimum atomic E-state index is -4.66. The summed E-state index contributed by atoms with van der Waals surface area (Å²) in [6, 6.07) is 17.9. The minimum Gasteiger partial charge on any atom is -0.262 e. The maximum Gasteiger partial charge on any atom is 0.424 e. The van der Waals surface area contributed by atoms with Crippen LogP contribution in [0.25, 0.3) is 0 Å². The van der Waals surface area contributed by atoms with Gasteiger partial charge >= 0.3 is 10.4 Å². The molecule has 0 unspecified atom stereocenters. The molecular weight excluding hydrogens is 268 g/mol. The Bertz CT molecular complexity index is 570. The van der Waals surface area contributed by atoms with Crippen molar-refractivity contribution in [2.45, 2.75) is 6.10 Å². The van der Waals surface area contributed by atoms with E-state index in [4.69, 9.17) is 9.44 Å². The fourth-order valence-electron chi connectivity index (χ4n) is 1.65. The van der Waals surface area contributed by atoms with Gasteiger partial charge in [-0.15, -0.1) is 0 Å². The maximum absolute atomic E-state index is 10.6. The highest BCUT2D eigenvalue weighted by Gasteiger charge is 2.18. The third-order valence-corrected chi connectivity index (χ3v) is 2.68. The zero-order valence-corrected chi connectivity index (χ0v) is 10.7. The van der Waals surface area contributed by atoms with Gasteiger partial charge in [-0.25, -0.2) is 4.89 Å². The van der Waals surface area contributed by atoms with Gasteiger partial charge in [0.05, 0.1) is 0 Å². The van der Waals surface area contributed by atoms with Crippen LogP contribution in [0.5, 0.6) is 0 Å². The van der Waals surface area contributed by atoms with Crippen LogP contribution in [0, 0.1) is 0 Å². The molecule has 0 fully saturated rings. The van der Waals surface area contributed by atoms with Gasteiger partial charge in [-0.3, -0.25) is 4.55 Å². The SMILES string of the molecule is O=S(=O)(O)OOC(c1ccccc1)c1ccccc1. The monoisotopic (exact) mass is 280 g/mol. The highest BCUT2D eigenvalue weighted by Crippen LogP contribution is 2.26. The van der Waals surface area contributed by atoms with E-state index in [1.54, 1.807) is 48.5 Å². The lowest BCUT2D eigenvalue weighted by Gasteiger charge is -2.15. The molecular formula is C13H12O5S. The molecule has 0 heterocycles. The third-order valence-electron chi connectivity index (χ3n) is 2.43. The highest BCUT2D eigenvalue weighted by molar-refractivity contribution is 7.80. The highest BCUT2D eigenvalue weighted by atomic mass is 32.3. The van der Waals surface area contributed by atoms with Gasteiger partial charge in [0.15, 0.2) is 0 Å². The largest absolute Gasteiger partial charge is 0.424 e. The van der Waals surface area contributed by atoms with E-state index in [0.29, 0.717) is 11.1 Å². The van der Waals surface area contributed by atoms with Crippen molar-refractivity contribution in [1.82, 2.24) is 0 Å². The van der Waals surface area contributed by atoms with Crippen molar-refractivity contribution in [3.63, 3.8) is 0 Å². The first-order valence-electron chi connectivity index (χ1n) is 5.48. The molecule has 0 amide bonds. The standard InChI is InChI=1S/C13H12O5S/c14-19(15,16)18-17-13(11-7-3-1-4-8-11)12-9-5-2-6-10-12/h1-10,13H,(H,14,15,16). The molecule has 1 N–H and O–H groups in total. The molecule has 0 spiro atoms. The van der Waals surface area contributed by atoms with Gasteiger partial charge in [0, 0.05) is 0 Å². The summed E-state index contributed by atoms with van der Waals surface area (Å²) in [7, 11) is -4.66. The quantitative estimate of drug-likeness (QED) is 0.517. The molecule has 0 aromatic heterocycles. The molecule has 0 bridgehead atoms. The summed E-state index contributed by atoms with van der Waals surface area (Å²) in [6.45, 7) is 0. The summed E-state index contributed by atoms with van der Waals surface area (Å²) < 4.78 is 33.8. The van der Waals surface area contributed by atoms with Crippen molar-refractivity contribution < 1.29 is 22.2 Å². The van der Waals surface area contributed by atoms with Crippen LogP contribution in [0.4, 0.5) is 0 Å². The summed E-state index contributed by atoms with van der Waals surface area (Å²) in [6.07, 6.45) is -0.746. The Labute approximate surface area is 111 Å². The molecule has 0 atom stereocenters. The molecule has 5 nitrogen and oxygen atoms in total. The first-order valence-corrected chi connectivity index (χ1v) is 6.85. The molecule has 0 aliphatic carbocycles. The van der Waals surface area contributed by atoms with Crippen LogP contribution < -0.4 is 0 Å². The Morgan fingerprint density at radius 2 is 1.26 bits per heavy atom. The van der Waals surface area contributed by atoms with Crippen molar-refractivity contribution >= 4 is 10.4 Å². The molecule has 0 radical (unpaired) electrons. The van der Waals surface area contributed by atoms with E-state index in [2.05, 4.69) is 4.33 Å². The van der Waals surface area contributed by atoms with E-state index in [1.165, 1.54) is 0 Å². The lowest BCUT2D eigenvalue weighted by atomic mass is 10.0. The molecule has 0 aliphatic rings. The fourth-order valence-corrected chi connectivity index (χ4v) is 1.83. The Morgan fingerprint density at radius 3 is 1.63 bits per heavy atom. The van der Waals surface area contributed by atoms with Crippen LogP contribution >= 0.6 is 0 Å². The van der Waals surface area contributed by atoms with E-state index in [1.807, 2.05) is 12.1 Å². The van der Waals surface area contributed by atoms with E-state index < -0.39 is 16.5 Å². The van der Waals surface area contributed by atoms with Gasteiger partial charge in [-0.05, 0) is 11.1 Å². The second-order valence-electron chi connectivity index (χ2n) is 3.79. The second-order valence-corrected chi connectivity index (χ2v) is 4.78. The summed E-state index contributed by atoms with van der Waals surface area (Å²) in [5.41, 5.74) is 1.41. The Morgan fingerprint density at radius 1 is 0.842 bits per heavy atom. The number of hydrogen-bond acceptors (Lipinski definition) is 4. The number of hydrogen-bond donors (Lipinski definition) is 1. The van der Waals surface area contributed by atoms with Crippen LogP contribution in [-0.4, -0.2) is 13.0 Å². The molecule has 100 valence electrons. The predicted octanol–water partition coefficient (Wildman–Crippen LogP) is 2.53. The lowest BCUT2D eigenvalue weighted by molar-refractivity contribution is -0.237. The molecule has 2 aromatic carbocycles. The summed E-state index contributed by atoms with van der Waals surface area (Å²) in [5, 5.41) is 0. The van der Waals surface area contributed by atoms with Crippen LogP contribution in [0.1, 0.15) is 17.2 Å². The zero-order valence-electron chi connectivity index (χ0n) is 9.84. The van der Waals surface area contributed by atoms with Crippen molar-refractivity contribution in [3.8, 4) is 0 Å². The van der Waals surface area contributed by atoms with Crippen molar-refractivity contribution in [2.24, 2.45) is 0 Å². The topological polar surface area (TPSA) is 72.8 Å². The van der Waals surface area contributed by atoms with Gasteiger partial charge in [0.25, 0.3) is 0 Å². The van der Waals surface area contributed by atoms with Gasteiger partial charge in [-0.2, -0.15) is 8.42 Å². The van der Waals surface area contributed by atoms with E-state index in [-0.39, 0.29) is 0 Å². The molecule has 0 saturated carbocycles. The lowest BCUT2D eigenvalue weighted by Crippen LogP contribution is -2.11. The van der Waals surface area contributed by atoms with Gasteiger partial charge in [0.1, 0.15) is 6.10 Å². The van der Waals surface area contributed by atoms with E-state index >= 15 is 0 Å². The van der Waals surface area contributed by atoms with Crippen LogP contribution in [0.3, 0.4) is 0 Å².